The number of rotatable bonds is 7. The first-order chi connectivity index (χ1) is 7.29. The summed E-state index contributed by atoms with van der Waals surface area (Å²) in [5.41, 5.74) is 4.20. The van der Waals surface area contributed by atoms with Crippen molar-refractivity contribution in [2.45, 2.75) is 45.6 Å². The Balaban J connectivity index is 3.96. The molecule has 0 heterocycles. The molecule has 0 aliphatic rings. The SMILES string of the molecule is CC(CCN)CCC(=O)NC(C)(C)C(=O)O. The summed E-state index contributed by atoms with van der Waals surface area (Å²) in [6, 6.07) is 0. The highest BCUT2D eigenvalue weighted by atomic mass is 16.4. The van der Waals surface area contributed by atoms with Gasteiger partial charge in [-0.25, -0.2) is 4.79 Å². The van der Waals surface area contributed by atoms with Crippen LogP contribution in [-0.4, -0.2) is 29.1 Å². The fourth-order valence-electron chi connectivity index (χ4n) is 1.27. The predicted octanol–water partition coefficient (Wildman–Crippen LogP) is 0.731. The molecule has 0 fully saturated rings. The molecular formula is C11H22N2O3. The maximum atomic E-state index is 11.5. The fourth-order valence-corrected chi connectivity index (χ4v) is 1.27. The van der Waals surface area contributed by atoms with Gasteiger partial charge >= 0.3 is 5.97 Å². The monoisotopic (exact) mass is 230 g/mol. The Hall–Kier alpha value is -1.10. The summed E-state index contributed by atoms with van der Waals surface area (Å²) >= 11 is 0. The van der Waals surface area contributed by atoms with Crippen molar-refractivity contribution in [3.05, 3.63) is 0 Å². The minimum atomic E-state index is -1.20. The van der Waals surface area contributed by atoms with Gasteiger partial charge in [0.1, 0.15) is 5.54 Å². The molecule has 0 aromatic carbocycles. The van der Waals surface area contributed by atoms with E-state index in [1.807, 2.05) is 6.92 Å². The Kier molecular flexibility index (Phi) is 6.03. The van der Waals surface area contributed by atoms with Gasteiger partial charge in [0.15, 0.2) is 0 Å². The zero-order valence-electron chi connectivity index (χ0n) is 10.2. The standard InChI is InChI=1S/C11H22N2O3/c1-8(6-7-12)4-5-9(14)13-11(2,3)10(15)16/h8H,4-7,12H2,1-3H3,(H,13,14)(H,15,16). The quantitative estimate of drug-likeness (QED) is 0.601. The molecule has 0 aliphatic carbocycles. The van der Waals surface area contributed by atoms with Crippen LogP contribution in [0.3, 0.4) is 0 Å². The molecule has 0 spiro atoms. The van der Waals surface area contributed by atoms with Crippen LogP contribution in [0.15, 0.2) is 0 Å². The van der Waals surface area contributed by atoms with Gasteiger partial charge in [-0.15, -0.1) is 0 Å². The number of carbonyl (C=O) groups is 2. The largest absolute Gasteiger partial charge is 0.480 e. The van der Waals surface area contributed by atoms with Crippen LogP contribution in [0.4, 0.5) is 0 Å². The van der Waals surface area contributed by atoms with Crippen LogP contribution in [0.1, 0.15) is 40.0 Å². The van der Waals surface area contributed by atoms with Gasteiger partial charge < -0.3 is 16.2 Å². The molecule has 0 aromatic heterocycles. The summed E-state index contributed by atoms with van der Waals surface area (Å²) in [4.78, 5) is 22.2. The molecule has 0 aliphatic heterocycles. The van der Waals surface area contributed by atoms with E-state index in [-0.39, 0.29) is 5.91 Å². The van der Waals surface area contributed by atoms with Gasteiger partial charge in [0, 0.05) is 6.42 Å². The van der Waals surface area contributed by atoms with E-state index in [0.717, 1.165) is 12.8 Å². The molecule has 0 saturated heterocycles. The van der Waals surface area contributed by atoms with Crippen molar-refractivity contribution in [3.63, 3.8) is 0 Å². The van der Waals surface area contributed by atoms with Crippen molar-refractivity contribution in [2.75, 3.05) is 6.54 Å². The average molecular weight is 230 g/mol. The number of nitrogens with two attached hydrogens (primary N) is 1. The minimum absolute atomic E-state index is 0.226. The Labute approximate surface area is 96.4 Å². The average Bonchev–Trinajstić information content (AvgIpc) is 2.14. The van der Waals surface area contributed by atoms with Gasteiger partial charge in [-0.05, 0) is 39.2 Å². The number of hydrogen-bond acceptors (Lipinski definition) is 3. The van der Waals surface area contributed by atoms with Crippen LogP contribution in [0.25, 0.3) is 0 Å². The van der Waals surface area contributed by atoms with E-state index in [0.29, 0.717) is 18.9 Å². The molecule has 0 aromatic rings. The second-order valence-corrected chi connectivity index (χ2v) is 4.70. The van der Waals surface area contributed by atoms with Crippen molar-refractivity contribution in [2.24, 2.45) is 11.7 Å². The van der Waals surface area contributed by atoms with E-state index in [9.17, 15) is 9.59 Å². The van der Waals surface area contributed by atoms with Crippen LogP contribution in [0, 0.1) is 5.92 Å². The van der Waals surface area contributed by atoms with Gasteiger partial charge in [-0.1, -0.05) is 6.92 Å². The van der Waals surface area contributed by atoms with Gasteiger partial charge in [0.05, 0.1) is 0 Å². The fraction of sp³-hybridized carbons (Fsp3) is 0.818. The number of carboxylic acid groups (broad SMARTS) is 1. The molecule has 4 N–H and O–H groups in total. The zero-order valence-corrected chi connectivity index (χ0v) is 10.2. The highest BCUT2D eigenvalue weighted by Gasteiger charge is 2.28. The summed E-state index contributed by atoms with van der Waals surface area (Å²) < 4.78 is 0. The smallest absolute Gasteiger partial charge is 0.328 e. The normalized spacial score (nSPS) is 13.2. The second kappa shape index (κ2) is 6.48. The molecule has 1 atom stereocenters. The van der Waals surface area contributed by atoms with Crippen molar-refractivity contribution in [1.82, 2.24) is 5.32 Å². The lowest BCUT2D eigenvalue weighted by molar-refractivity contribution is -0.146. The third-order valence-corrected chi connectivity index (χ3v) is 2.51. The number of carboxylic acids is 1. The number of aliphatic carboxylic acids is 1. The van der Waals surface area contributed by atoms with Crippen LogP contribution in [0.5, 0.6) is 0 Å². The molecule has 0 radical (unpaired) electrons. The lowest BCUT2D eigenvalue weighted by Crippen LogP contribution is -2.49. The summed E-state index contributed by atoms with van der Waals surface area (Å²) in [5.74, 6) is -0.865. The van der Waals surface area contributed by atoms with Crippen molar-refractivity contribution in [1.29, 1.82) is 0 Å². The first-order valence-corrected chi connectivity index (χ1v) is 5.54. The number of hydrogen-bond donors (Lipinski definition) is 3. The maximum Gasteiger partial charge on any atom is 0.328 e. The highest BCUT2D eigenvalue weighted by Crippen LogP contribution is 2.10. The van der Waals surface area contributed by atoms with Crippen LogP contribution in [0.2, 0.25) is 0 Å². The lowest BCUT2D eigenvalue weighted by atomic mass is 10.0. The molecule has 1 unspecified atom stereocenters. The van der Waals surface area contributed by atoms with Crippen LogP contribution in [-0.2, 0) is 9.59 Å². The Morgan fingerprint density at radius 1 is 1.38 bits per heavy atom. The number of amides is 1. The highest BCUT2D eigenvalue weighted by molar-refractivity contribution is 5.86. The van der Waals surface area contributed by atoms with Gasteiger partial charge in [0.2, 0.25) is 5.91 Å². The summed E-state index contributed by atoms with van der Waals surface area (Å²) in [5, 5.41) is 11.3. The molecule has 94 valence electrons. The molecule has 5 nitrogen and oxygen atoms in total. The van der Waals surface area contributed by atoms with E-state index in [1.165, 1.54) is 13.8 Å². The predicted molar refractivity (Wildman–Crippen MR) is 61.9 cm³/mol. The molecule has 16 heavy (non-hydrogen) atoms. The Morgan fingerprint density at radius 3 is 2.38 bits per heavy atom. The van der Waals surface area contributed by atoms with Crippen molar-refractivity contribution >= 4 is 11.9 Å². The third kappa shape index (κ3) is 5.70. The zero-order chi connectivity index (χ0) is 12.8. The Bertz CT molecular complexity index is 252. The Morgan fingerprint density at radius 2 is 1.94 bits per heavy atom. The van der Waals surface area contributed by atoms with Gasteiger partial charge in [-0.3, -0.25) is 4.79 Å². The summed E-state index contributed by atoms with van der Waals surface area (Å²) in [7, 11) is 0. The van der Waals surface area contributed by atoms with Crippen LogP contribution >= 0.6 is 0 Å². The molecule has 0 saturated carbocycles. The van der Waals surface area contributed by atoms with E-state index in [4.69, 9.17) is 10.8 Å². The maximum absolute atomic E-state index is 11.5. The lowest BCUT2D eigenvalue weighted by Gasteiger charge is -2.21. The molecule has 0 rings (SSSR count). The minimum Gasteiger partial charge on any atom is -0.480 e. The van der Waals surface area contributed by atoms with E-state index < -0.39 is 11.5 Å². The summed E-state index contributed by atoms with van der Waals surface area (Å²) in [6.07, 6.45) is 1.96. The van der Waals surface area contributed by atoms with E-state index in [1.54, 1.807) is 0 Å². The first kappa shape index (κ1) is 14.9. The molecular weight excluding hydrogens is 208 g/mol. The van der Waals surface area contributed by atoms with Gasteiger partial charge in [0.25, 0.3) is 0 Å². The van der Waals surface area contributed by atoms with E-state index >= 15 is 0 Å². The molecule has 5 heteroatoms. The topological polar surface area (TPSA) is 92.4 Å². The number of nitrogens with one attached hydrogen (secondary N) is 1. The van der Waals surface area contributed by atoms with Gasteiger partial charge in [-0.2, -0.15) is 0 Å². The number of carbonyl (C=O) groups excluding carboxylic acids is 1. The summed E-state index contributed by atoms with van der Waals surface area (Å²) in [6.45, 7) is 5.58. The van der Waals surface area contributed by atoms with Crippen molar-refractivity contribution < 1.29 is 14.7 Å². The van der Waals surface area contributed by atoms with Crippen molar-refractivity contribution in [3.8, 4) is 0 Å². The first-order valence-electron chi connectivity index (χ1n) is 5.54. The second-order valence-electron chi connectivity index (χ2n) is 4.70. The third-order valence-electron chi connectivity index (χ3n) is 2.51. The van der Waals surface area contributed by atoms with E-state index in [2.05, 4.69) is 5.32 Å². The molecule has 1 amide bonds. The molecule has 0 bridgehead atoms. The van der Waals surface area contributed by atoms with Crippen LogP contribution < -0.4 is 11.1 Å².